The maximum Gasteiger partial charge on any atom is 1.00 e. The third-order valence-electron chi connectivity index (χ3n) is 13.4. The predicted octanol–water partition coefficient (Wildman–Crippen LogP) is 6.64. The van der Waals surface area contributed by atoms with Gasteiger partial charge in [0.1, 0.15) is 12.3 Å². The van der Waals surface area contributed by atoms with Crippen LogP contribution in [-0.4, -0.2) is 81.4 Å². The van der Waals surface area contributed by atoms with Gasteiger partial charge in [0.2, 0.25) is 5.69 Å². The molecule has 0 bridgehead atoms. The molecule has 370 valence electrons. The minimum Gasteiger partial charge on any atom is -0.465 e. The second kappa shape index (κ2) is 25.1. The van der Waals surface area contributed by atoms with E-state index in [1.807, 2.05) is 86.7 Å². The zero-order valence-corrected chi connectivity index (χ0v) is 46.3. The molecule has 5 aromatic carbocycles. The molecule has 0 aliphatic carbocycles. The molecular formula is C58H65N3NaO8PS+2. The Kier molecular flexibility index (Phi) is 19.5. The fourth-order valence-electron chi connectivity index (χ4n) is 9.68. The number of para-hydroxylation sites is 1. The number of anilines is 1. The van der Waals surface area contributed by atoms with Crippen molar-refractivity contribution in [1.29, 1.82) is 0 Å². The van der Waals surface area contributed by atoms with Gasteiger partial charge < -0.3 is 19.7 Å². The van der Waals surface area contributed by atoms with E-state index >= 15 is 0 Å². The van der Waals surface area contributed by atoms with Crippen molar-refractivity contribution in [2.45, 2.75) is 81.9 Å². The summed E-state index contributed by atoms with van der Waals surface area (Å²) in [7, 11) is -2.52. The van der Waals surface area contributed by atoms with Crippen molar-refractivity contribution in [3.05, 3.63) is 180 Å². The van der Waals surface area contributed by atoms with Gasteiger partial charge in [-0.25, -0.2) is 4.79 Å². The van der Waals surface area contributed by atoms with Crippen LogP contribution in [0.5, 0.6) is 0 Å². The molecule has 0 aromatic heterocycles. The Labute approximate surface area is 448 Å². The molecule has 0 saturated heterocycles. The number of rotatable bonds is 22. The molecule has 2 N–H and O–H groups in total. The summed E-state index contributed by atoms with van der Waals surface area (Å²) in [5.41, 5.74) is 6.42. The standard InChI is InChI=1S/C58H64N3O8PS.Na/c1-57(2)48-28-18-19-29-50(48)60(53(57)30-16-9-17-31-54-58(3,4)49-41-46(71(65,66)67)33-35-51(49)61(54)38-39-68-5)37-20-10-11-22-43(62)23-21-36-59-55(63)42-32-34-47(56(64)69-6)52(40-42)70(44-24-12-7-13-25-44)45-26-14-8-15-27-45;/h7-9,12-19,24-35,40-41H,10-11,20-23,36-39H2,1-6H3,(H-,59,63,65,66,67);/q;+1/p+1. The first-order valence-electron chi connectivity index (χ1n) is 24.2. The topological polar surface area (TPSA) is 142 Å². The molecule has 1 amide bonds. The number of benzene rings is 5. The van der Waals surface area contributed by atoms with Crippen LogP contribution in [0.1, 0.15) is 98.1 Å². The van der Waals surface area contributed by atoms with Crippen LogP contribution >= 0.6 is 7.92 Å². The summed E-state index contributed by atoms with van der Waals surface area (Å²) >= 11 is 0. The summed E-state index contributed by atoms with van der Waals surface area (Å²) in [6, 6.07) is 38.4. The average molecular weight is 1020 g/mol. The van der Waals surface area contributed by atoms with E-state index in [9.17, 15) is 27.4 Å². The van der Waals surface area contributed by atoms with Gasteiger partial charge in [0, 0.05) is 84.8 Å². The van der Waals surface area contributed by atoms with Gasteiger partial charge in [-0.05, 0) is 99.7 Å². The van der Waals surface area contributed by atoms with Crippen molar-refractivity contribution in [3.8, 4) is 0 Å². The van der Waals surface area contributed by atoms with Crippen molar-refractivity contribution in [2.24, 2.45) is 0 Å². The molecule has 0 fully saturated rings. The van der Waals surface area contributed by atoms with E-state index in [2.05, 4.69) is 71.1 Å². The fraction of sp³-hybridized carbons (Fsp3) is 0.310. The molecule has 0 saturated carbocycles. The maximum absolute atomic E-state index is 13.5. The second-order valence-electron chi connectivity index (χ2n) is 18.8. The molecule has 0 unspecified atom stereocenters. The van der Waals surface area contributed by atoms with Gasteiger partial charge in [0.25, 0.3) is 16.0 Å². The van der Waals surface area contributed by atoms with Gasteiger partial charge in [-0.15, -0.1) is 0 Å². The van der Waals surface area contributed by atoms with Crippen molar-refractivity contribution in [3.63, 3.8) is 0 Å². The van der Waals surface area contributed by atoms with E-state index in [4.69, 9.17) is 9.47 Å². The second-order valence-corrected chi connectivity index (χ2v) is 22.4. The molecule has 0 spiro atoms. The number of methoxy groups -OCH3 is 2. The first-order valence-corrected chi connectivity index (χ1v) is 27.0. The number of allylic oxidation sites excluding steroid dienone is 6. The number of fused-ring (bicyclic) bond motifs is 2. The Balaban J connectivity index is 0.00000847. The van der Waals surface area contributed by atoms with Crippen LogP contribution in [0.15, 0.2) is 162 Å². The molecule has 2 aliphatic rings. The minimum atomic E-state index is -4.36. The Hall–Kier alpha value is -5.30. The predicted molar refractivity (Wildman–Crippen MR) is 286 cm³/mol. The molecule has 5 aromatic rings. The number of nitrogens with zero attached hydrogens (tertiary/aromatic N) is 2. The van der Waals surface area contributed by atoms with E-state index in [0.29, 0.717) is 50.1 Å². The molecular weight excluding hydrogens is 953 g/mol. The van der Waals surface area contributed by atoms with E-state index < -0.39 is 29.4 Å². The third-order valence-corrected chi connectivity index (χ3v) is 16.7. The van der Waals surface area contributed by atoms with Crippen LogP contribution in [0.25, 0.3) is 0 Å². The Bertz CT molecular complexity index is 2950. The molecule has 0 radical (unpaired) electrons. The van der Waals surface area contributed by atoms with E-state index in [-0.39, 0.29) is 51.6 Å². The quantitative estimate of drug-likeness (QED) is 0.0149. The maximum atomic E-state index is 13.5. The van der Waals surface area contributed by atoms with Crippen LogP contribution < -0.4 is 55.7 Å². The van der Waals surface area contributed by atoms with Crippen LogP contribution in [0.3, 0.4) is 0 Å². The number of carbonyl (C=O) groups excluding carboxylic acids is 3. The average Bonchev–Trinajstić information content (AvgIpc) is 3.71. The monoisotopic (exact) mass is 1020 g/mol. The van der Waals surface area contributed by atoms with Gasteiger partial charge in [0.05, 0.1) is 29.6 Å². The Morgan fingerprint density at radius 3 is 2.08 bits per heavy atom. The largest absolute Gasteiger partial charge is 1.00 e. The normalized spacial score (nSPS) is 15.3. The SMILES string of the molecule is COCCN1C(=CC=CC=CC2=[N+](CCCCCC(=O)CCCNC(=O)c3ccc(C(=O)OC)c(P(c4ccccc4)c4ccccc4)c3)c3ccccc3C2(C)C)C(C)(C)c2cc(S(=O)(=O)O)ccc21.[Na+]. The third kappa shape index (κ3) is 12.9. The zero-order valence-electron chi connectivity index (χ0n) is 42.6. The number of ether oxygens (including phenoxy) is 2. The molecule has 14 heteroatoms. The summed E-state index contributed by atoms with van der Waals surface area (Å²) in [6.07, 6.45) is 14.3. The Morgan fingerprint density at radius 1 is 0.750 bits per heavy atom. The molecule has 2 aliphatic heterocycles. The van der Waals surface area contributed by atoms with Crippen molar-refractivity contribution in [2.75, 3.05) is 45.4 Å². The number of Topliss-reactive ketones (excluding diaryl/α,β-unsaturated/α-hetero) is 1. The van der Waals surface area contributed by atoms with Gasteiger partial charge in [-0.2, -0.15) is 13.0 Å². The number of hydrogen-bond donors (Lipinski definition) is 2. The van der Waals surface area contributed by atoms with Crippen LogP contribution in [0.4, 0.5) is 11.4 Å². The number of hydrogen-bond acceptors (Lipinski definition) is 8. The summed E-state index contributed by atoms with van der Waals surface area (Å²) in [6.45, 7) is 10.8. The number of amides is 1. The fourth-order valence-corrected chi connectivity index (χ4v) is 12.7. The van der Waals surface area contributed by atoms with Crippen LogP contribution in [-0.2, 0) is 35.2 Å². The van der Waals surface area contributed by atoms with E-state index in [1.165, 1.54) is 30.1 Å². The van der Waals surface area contributed by atoms with Gasteiger partial charge in [-0.3, -0.25) is 14.1 Å². The molecule has 11 nitrogen and oxygen atoms in total. The van der Waals surface area contributed by atoms with Gasteiger partial charge in [-0.1, -0.05) is 111 Å². The summed E-state index contributed by atoms with van der Waals surface area (Å²) in [4.78, 5) is 41.6. The van der Waals surface area contributed by atoms with Crippen LogP contribution in [0.2, 0.25) is 0 Å². The number of carbonyl (C=O) groups is 3. The minimum absolute atomic E-state index is 0. The zero-order chi connectivity index (χ0) is 50.8. The molecule has 0 atom stereocenters. The molecule has 7 rings (SSSR count). The van der Waals surface area contributed by atoms with Crippen molar-refractivity contribution < 1.29 is 71.0 Å². The van der Waals surface area contributed by atoms with Gasteiger partial charge in [0.15, 0.2) is 5.71 Å². The van der Waals surface area contributed by atoms with Crippen LogP contribution in [0, 0.1) is 0 Å². The first-order chi connectivity index (χ1) is 34.1. The molecule has 2 heterocycles. The first kappa shape index (κ1) is 56.0. The van der Waals surface area contributed by atoms with Crippen molar-refractivity contribution in [1.82, 2.24) is 5.32 Å². The smallest absolute Gasteiger partial charge is 0.465 e. The number of unbranched alkanes of at least 4 members (excludes halogenated alkanes) is 2. The Morgan fingerprint density at radius 2 is 1.42 bits per heavy atom. The summed E-state index contributed by atoms with van der Waals surface area (Å²) < 4.78 is 46.8. The number of nitrogens with one attached hydrogen (secondary N) is 1. The molecule has 72 heavy (non-hydrogen) atoms. The number of esters is 1. The van der Waals surface area contributed by atoms with Crippen molar-refractivity contribution >= 4 is 68.7 Å². The van der Waals surface area contributed by atoms with E-state index in [1.54, 1.807) is 37.4 Å². The summed E-state index contributed by atoms with van der Waals surface area (Å²) in [5, 5.41) is 5.82. The van der Waals surface area contributed by atoms with E-state index in [0.717, 1.165) is 58.7 Å². The number of ketones is 1. The van der Waals surface area contributed by atoms with Gasteiger partial charge >= 0.3 is 35.5 Å². The summed E-state index contributed by atoms with van der Waals surface area (Å²) in [5.74, 6) is -0.541.